The van der Waals surface area contributed by atoms with Crippen LogP contribution in [0.2, 0.25) is 0 Å². The molecule has 1 atom stereocenters. The molecule has 0 unspecified atom stereocenters. The van der Waals surface area contributed by atoms with Crippen LogP contribution in [0.5, 0.6) is 0 Å². The first-order chi connectivity index (χ1) is 7.84. The molecule has 0 fully saturated rings. The first-order valence-electron chi connectivity index (χ1n) is 5.20. The third-order valence-corrected chi connectivity index (χ3v) is 4.80. The van der Waals surface area contributed by atoms with Gasteiger partial charge < -0.3 is 10.8 Å². The molecule has 1 aromatic rings. The maximum Gasteiger partial charge on any atom is 0.321 e. The van der Waals surface area contributed by atoms with E-state index in [1.54, 1.807) is 11.8 Å². The van der Waals surface area contributed by atoms with Gasteiger partial charge in [0.05, 0.1) is 0 Å². The number of halogens is 1. The Kier molecular flexibility index (Phi) is 5.04. The SMILES string of the molecule is CC(C)(SCc1ccccc1Br)[C@H](N)C(=O)O. The minimum absolute atomic E-state index is 0.499. The van der Waals surface area contributed by atoms with E-state index in [4.69, 9.17) is 10.8 Å². The molecule has 0 amide bonds. The van der Waals surface area contributed by atoms with Crippen LogP contribution in [0.3, 0.4) is 0 Å². The lowest BCUT2D eigenvalue weighted by Crippen LogP contribution is -2.46. The molecule has 1 aromatic carbocycles. The van der Waals surface area contributed by atoms with Crippen molar-refractivity contribution < 1.29 is 9.90 Å². The second-order valence-electron chi connectivity index (χ2n) is 4.30. The number of carboxylic acids is 1. The molecule has 0 saturated carbocycles. The second-order valence-corrected chi connectivity index (χ2v) is 6.78. The van der Waals surface area contributed by atoms with Crippen LogP contribution >= 0.6 is 27.7 Å². The molecule has 5 heteroatoms. The fraction of sp³-hybridized carbons (Fsp3) is 0.417. The number of benzene rings is 1. The molecular formula is C12H16BrNO2S. The fourth-order valence-corrected chi connectivity index (χ4v) is 2.94. The van der Waals surface area contributed by atoms with Crippen LogP contribution in [-0.4, -0.2) is 21.9 Å². The van der Waals surface area contributed by atoms with Gasteiger partial charge in [-0.05, 0) is 25.5 Å². The molecule has 1 rings (SSSR count). The summed E-state index contributed by atoms with van der Waals surface area (Å²) in [5.74, 6) is -0.232. The first kappa shape index (κ1) is 14.5. The van der Waals surface area contributed by atoms with Gasteiger partial charge in [-0.2, -0.15) is 0 Å². The van der Waals surface area contributed by atoms with E-state index in [0.29, 0.717) is 0 Å². The van der Waals surface area contributed by atoms with Gasteiger partial charge in [0.2, 0.25) is 0 Å². The summed E-state index contributed by atoms with van der Waals surface area (Å²) in [5.41, 5.74) is 6.81. The maximum absolute atomic E-state index is 10.9. The van der Waals surface area contributed by atoms with Gasteiger partial charge in [-0.15, -0.1) is 11.8 Å². The fourth-order valence-electron chi connectivity index (χ4n) is 1.27. The van der Waals surface area contributed by atoms with Crippen molar-refractivity contribution >= 4 is 33.7 Å². The van der Waals surface area contributed by atoms with E-state index in [2.05, 4.69) is 15.9 Å². The van der Waals surface area contributed by atoms with Crippen molar-refractivity contribution in [2.24, 2.45) is 5.73 Å². The van der Waals surface area contributed by atoms with Crippen molar-refractivity contribution in [3.63, 3.8) is 0 Å². The molecule has 0 radical (unpaired) electrons. The Hall–Kier alpha value is -0.520. The summed E-state index contributed by atoms with van der Waals surface area (Å²) in [6.07, 6.45) is 0. The van der Waals surface area contributed by atoms with Crippen LogP contribution in [0.25, 0.3) is 0 Å². The minimum Gasteiger partial charge on any atom is -0.480 e. The van der Waals surface area contributed by atoms with E-state index in [1.165, 1.54) is 0 Å². The number of carboxylic acid groups (broad SMARTS) is 1. The Morgan fingerprint density at radius 2 is 2.12 bits per heavy atom. The van der Waals surface area contributed by atoms with Crippen molar-refractivity contribution in [3.8, 4) is 0 Å². The van der Waals surface area contributed by atoms with Gasteiger partial charge in [-0.1, -0.05) is 34.1 Å². The van der Waals surface area contributed by atoms with E-state index in [0.717, 1.165) is 15.8 Å². The Morgan fingerprint density at radius 1 is 1.53 bits per heavy atom. The van der Waals surface area contributed by atoms with Gasteiger partial charge in [0.25, 0.3) is 0 Å². The van der Waals surface area contributed by atoms with Crippen molar-refractivity contribution in [2.75, 3.05) is 0 Å². The van der Waals surface area contributed by atoms with Crippen LogP contribution < -0.4 is 5.73 Å². The van der Waals surface area contributed by atoms with E-state index in [1.807, 2.05) is 38.1 Å². The van der Waals surface area contributed by atoms with Crippen molar-refractivity contribution in [1.29, 1.82) is 0 Å². The molecule has 17 heavy (non-hydrogen) atoms. The highest BCUT2D eigenvalue weighted by molar-refractivity contribution is 9.10. The molecule has 0 aromatic heterocycles. The van der Waals surface area contributed by atoms with Crippen LogP contribution in [-0.2, 0) is 10.5 Å². The number of hydrogen-bond acceptors (Lipinski definition) is 3. The average molecular weight is 318 g/mol. The Bertz CT molecular complexity index is 409. The Balaban J connectivity index is 2.67. The van der Waals surface area contributed by atoms with Gasteiger partial charge >= 0.3 is 5.97 Å². The number of rotatable bonds is 5. The quantitative estimate of drug-likeness (QED) is 0.876. The summed E-state index contributed by atoms with van der Waals surface area (Å²) < 4.78 is 0.536. The van der Waals surface area contributed by atoms with Gasteiger partial charge in [0, 0.05) is 15.0 Å². The summed E-state index contributed by atoms with van der Waals surface area (Å²) in [5, 5.41) is 8.92. The van der Waals surface area contributed by atoms with Gasteiger partial charge in [-0.3, -0.25) is 4.79 Å². The second kappa shape index (κ2) is 5.89. The number of aliphatic carboxylic acids is 1. The predicted molar refractivity (Wildman–Crippen MR) is 75.1 cm³/mol. The summed E-state index contributed by atoms with van der Waals surface area (Å²) in [6.45, 7) is 3.71. The molecule has 94 valence electrons. The highest BCUT2D eigenvalue weighted by Crippen LogP contribution is 2.32. The highest BCUT2D eigenvalue weighted by atomic mass is 79.9. The lowest BCUT2D eigenvalue weighted by molar-refractivity contribution is -0.139. The zero-order valence-corrected chi connectivity index (χ0v) is 12.2. The van der Waals surface area contributed by atoms with Gasteiger partial charge in [0.15, 0.2) is 0 Å². The minimum atomic E-state index is -0.963. The van der Waals surface area contributed by atoms with Gasteiger partial charge in [0.1, 0.15) is 6.04 Å². The smallest absolute Gasteiger partial charge is 0.321 e. The Morgan fingerprint density at radius 3 is 2.65 bits per heavy atom. The highest BCUT2D eigenvalue weighted by Gasteiger charge is 2.32. The van der Waals surface area contributed by atoms with Crippen LogP contribution in [0.15, 0.2) is 28.7 Å². The molecule has 0 aliphatic rings. The first-order valence-corrected chi connectivity index (χ1v) is 6.98. The number of nitrogens with two attached hydrogens (primary N) is 1. The van der Waals surface area contributed by atoms with Crippen molar-refractivity contribution in [2.45, 2.75) is 30.4 Å². The lowest BCUT2D eigenvalue weighted by Gasteiger charge is -2.28. The topological polar surface area (TPSA) is 63.3 Å². The molecule has 3 N–H and O–H groups in total. The average Bonchev–Trinajstić information content (AvgIpc) is 2.27. The summed E-state index contributed by atoms with van der Waals surface area (Å²) >= 11 is 5.02. The van der Waals surface area contributed by atoms with Gasteiger partial charge in [-0.25, -0.2) is 0 Å². The normalized spacial score (nSPS) is 13.4. The maximum atomic E-state index is 10.9. The zero-order valence-electron chi connectivity index (χ0n) is 9.81. The van der Waals surface area contributed by atoms with Crippen LogP contribution in [0, 0.1) is 0 Å². The summed E-state index contributed by atoms with van der Waals surface area (Å²) in [6, 6.07) is 7.03. The molecule has 3 nitrogen and oxygen atoms in total. The number of thioether (sulfide) groups is 1. The van der Waals surface area contributed by atoms with Crippen molar-refractivity contribution in [3.05, 3.63) is 34.3 Å². The number of carbonyl (C=O) groups is 1. The standard InChI is InChI=1S/C12H16BrNO2S/c1-12(2,10(14)11(15)16)17-7-8-5-3-4-6-9(8)13/h3-6,10H,7,14H2,1-2H3,(H,15,16)/t10-/m1/s1. The molecule has 0 bridgehead atoms. The third kappa shape index (κ3) is 4.01. The Labute approximate surface area is 114 Å². The molecule has 0 spiro atoms. The lowest BCUT2D eigenvalue weighted by atomic mass is 10.1. The molecule has 0 aliphatic heterocycles. The van der Waals surface area contributed by atoms with E-state index in [9.17, 15) is 4.79 Å². The summed E-state index contributed by atoms with van der Waals surface area (Å²) in [4.78, 5) is 10.9. The molecular weight excluding hydrogens is 302 g/mol. The van der Waals surface area contributed by atoms with E-state index < -0.39 is 16.8 Å². The van der Waals surface area contributed by atoms with E-state index >= 15 is 0 Å². The van der Waals surface area contributed by atoms with Crippen LogP contribution in [0.1, 0.15) is 19.4 Å². The monoisotopic (exact) mass is 317 g/mol. The summed E-state index contributed by atoms with van der Waals surface area (Å²) in [7, 11) is 0. The molecule has 0 saturated heterocycles. The van der Waals surface area contributed by atoms with Crippen molar-refractivity contribution in [1.82, 2.24) is 0 Å². The van der Waals surface area contributed by atoms with Crippen LogP contribution in [0.4, 0.5) is 0 Å². The predicted octanol–water partition coefficient (Wildman–Crippen LogP) is 2.87. The molecule has 0 aliphatic carbocycles. The zero-order chi connectivity index (χ0) is 13.1. The third-order valence-electron chi connectivity index (χ3n) is 2.57. The number of hydrogen-bond donors (Lipinski definition) is 2. The van der Waals surface area contributed by atoms with E-state index in [-0.39, 0.29) is 0 Å². The molecule has 0 heterocycles. The largest absolute Gasteiger partial charge is 0.480 e.